The van der Waals surface area contributed by atoms with Gasteiger partial charge in [-0.3, -0.25) is 0 Å². The van der Waals surface area contributed by atoms with Crippen molar-refractivity contribution in [3.8, 4) is 17.2 Å². The van der Waals surface area contributed by atoms with E-state index in [1.165, 1.54) is 16.7 Å². The lowest BCUT2D eigenvalue weighted by Crippen LogP contribution is -2.45. The zero-order chi connectivity index (χ0) is 26.2. The number of nitrogens with zero attached hydrogens (tertiary/aromatic N) is 1. The molecule has 0 radical (unpaired) electrons. The van der Waals surface area contributed by atoms with Crippen LogP contribution in [0.4, 0.5) is 10.5 Å². The van der Waals surface area contributed by atoms with Crippen molar-refractivity contribution in [1.82, 2.24) is 4.90 Å². The number of carbonyl (C=O) groups is 1. The van der Waals surface area contributed by atoms with Crippen molar-refractivity contribution in [2.75, 3.05) is 33.2 Å². The smallest absolute Gasteiger partial charge is 0.322 e. The van der Waals surface area contributed by atoms with Gasteiger partial charge in [-0.1, -0.05) is 54.6 Å². The van der Waals surface area contributed by atoms with E-state index in [0.717, 1.165) is 32.1 Å². The van der Waals surface area contributed by atoms with Crippen molar-refractivity contribution in [2.45, 2.75) is 51.0 Å². The molecule has 37 heavy (non-hydrogen) atoms. The van der Waals surface area contributed by atoms with Gasteiger partial charge in [0.15, 0.2) is 0 Å². The van der Waals surface area contributed by atoms with Crippen LogP contribution in [0, 0.1) is 6.92 Å². The van der Waals surface area contributed by atoms with Crippen LogP contribution in [0.25, 0.3) is 0 Å². The van der Waals surface area contributed by atoms with E-state index in [1.54, 1.807) is 33.5 Å². The molecule has 0 atom stereocenters. The Kier molecular flexibility index (Phi) is 8.94. The van der Waals surface area contributed by atoms with Gasteiger partial charge in [-0.2, -0.15) is 0 Å². The molecule has 1 saturated carbocycles. The number of nitrogens with one attached hydrogen (secondary N) is 1. The van der Waals surface area contributed by atoms with Gasteiger partial charge in [0.25, 0.3) is 0 Å². The van der Waals surface area contributed by atoms with Crippen molar-refractivity contribution in [3.63, 3.8) is 0 Å². The van der Waals surface area contributed by atoms with Crippen molar-refractivity contribution < 1.29 is 19.0 Å². The highest BCUT2D eigenvalue weighted by Gasteiger charge is 2.30. The Balaban J connectivity index is 1.55. The van der Waals surface area contributed by atoms with E-state index >= 15 is 0 Å². The lowest BCUT2D eigenvalue weighted by Gasteiger charge is -2.37. The first kappa shape index (κ1) is 26.4. The standard InChI is InChI=1S/C31H38N2O4/c1-22-10-8-9-11-23(22)18-19-33(26-16-14-25(15-17-26)24-12-6-5-7-13-24)31(34)32-30-28(36-3)20-27(35-2)21-29(30)37-4/h5-13,20-21,25-26H,14-19H2,1-4H3,(H,32,34). The van der Waals surface area contributed by atoms with E-state index in [4.69, 9.17) is 14.2 Å². The average molecular weight is 503 g/mol. The minimum absolute atomic E-state index is 0.140. The lowest BCUT2D eigenvalue weighted by atomic mass is 9.81. The molecule has 1 aliphatic carbocycles. The number of carbonyl (C=O) groups excluding carboxylic acids is 1. The van der Waals surface area contributed by atoms with Crippen molar-refractivity contribution in [2.24, 2.45) is 0 Å². The van der Waals surface area contributed by atoms with E-state index in [2.05, 4.69) is 66.8 Å². The zero-order valence-electron chi connectivity index (χ0n) is 22.3. The summed E-state index contributed by atoms with van der Waals surface area (Å²) in [5.41, 5.74) is 4.41. The monoisotopic (exact) mass is 502 g/mol. The second-order valence-electron chi connectivity index (χ2n) is 9.62. The Bertz CT molecular complexity index is 1150. The first-order chi connectivity index (χ1) is 18.0. The van der Waals surface area contributed by atoms with Gasteiger partial charge in [0.1, 0.15) is 22.9 Å². The number of rotatable bonds is 9. The molecule has 4 rings (SSSR count). The maximum absolute atomic E-state index is 13.8. The lowest BCUT2D eigenvalue weighted by molar-refractivity contribution is 0.163. The Morgan fingerprint density at radius 1 is 0.865 bits per heavy atom. The fourth-order valence-corrected chi connectivity index (χ4v) is 5.34. The molecular weight excluding hydrogens is 464 g/mol. The van der Waals surface area contributed by atoms with E-state index in [0.29, 0.717) is 35.4 Å². The minimum atomic E-state index is -0.140. The SMILES string of the molecule is COc1cc(OC)c(NC(=O)N(CCc2ccccc2C)C2CCC(c3ccccc3)CC2)c(OC)c1. The number of hydrogen-bond acceptors (Lipinski definition) is 4. The summed E-state index contributed by atoms with van der Waals surface area (Å²) in [5, 5.41) is 3.10. The predicted octanol–water partition coefficient (Wildman–Crippen LogP) is 6.82. The maximum Gasteiger partial charge on any atom is 0.322 e. The fourth-order valence-electron chi connectivity index (χ4n) is 5.34. The molecule has 0 aromatic heterocycles. The highest BCUT2D eigenvalue weighted by molar-refractivity contribution is 5.93. The molecule has 2 amide bonds. The largest absolute Gasteiger partial charge is 0.496 e. The summed E-state index contributed by atoms with van der Waals surface area (Å²) in [6, 6.07) is 22.6. The third kappa shape index (κ3) is 6.37. The zero-order valence-corrected chi connectivity index (χ0v) is 22.3. The topological polar surface area (TPSA) is 60.0 Å². The summed E-state index contributed by atoms with van der Waals surface area (Å²) in [5.74, 6) is 2.13. The number of benzene rings is 3. The van der Waals surface area contributed by atoms with E-state index in [1.807, 2.05) is 4.90 Å². The van der Waals surface area contributed by atoms with Gasteiger partial charge in [-0.05, 0) is 61.6 Å². The van der Waals surface area contributed by atoms with Crippen molar-refractivity contribution >= 4 is 11.7 Å². The number of hydrogen-bond donors (Lipinski definition) is 1. The molecule has 3 aromatic carbocycles. The molecule has 1 aliphatic rings. The molecule has 0 saturated heterocycles. The molecule has 0 bridgehead atoms. The van der Waals surface area contributed by atoms with Gasteiger partial charge < -0.3 is 24.4 Å². The van der Waals surface area contributed by atoms with Gasteiger partial charge in [-0.25, -0.2) is 4.79 Å². The van der Waals surface area contributed by atoms with Gasteiger partial charge >= 0.3 is 6.03 Å². The van der Waals surface area contributed by atoms with E-state index in [-0.39, 0.29) is 12.1 Å². The number of aryl methyl sites for hydroxylation is 1. The molecule has 196 valence electrons. The molecule has 1 N–H and O–H groups in total. The Morgan fingerprint density at radius 3 is 2.08 bits per heavy atom. The molecular formula is C31H38N2O4. The molecule has 1 fully saturated rings. The predicted molar refractivity (Wildman–Crippen MR) is 148 cm³/mol. The van der Waals surface area contributed by atoms with Crippen LogP contribution in [0.1, 0.15) is 48.3 Å². The summed E-state index contributed by atoms with van der Waals surface area (Å²) in [4.78, 5) is 15.8. The summed E-state index contributed by atoms with van der Waals surface area (Å²) in [6.07, 6.45) is 4.88. The summed E-state index contributed by atoms with van der Waals surface area (Å²) < 4.78 is 16.5. The average Bonchev–Trinajstić information content (AvgIpc) is 2.95. The van der Waals surface area contributed by atoms with Crippen LogP contribution < -0.4 is 19.5 Å². The normalized spacial score (nSPS) is 17.1. The summed E-state index contributed by atoms with van der Waals surface area (Å²) in [6.45, 7) is 2.76. The first-order valence-electron chi connectivity index (χ1n) is 13.0. The van der Waals surface area contributed by atoms with Gasteiger partial charge in [0, 0.05) is 24.7 Å². The third-order valence-electron chi connectivity index (χ3n) is 7.50. The second-order valence-corrected chi connectivity index (χ2v) is 9.62. The molecule has 0 aliphatic heterocycles. The van der Waals surface area contributed by atoms with Crippen molar-refractivity contribution in [1.29, 1.82) is 0 Å². The maximum atomic E-state index is 13.8. The molecule has 0 heterocycles. The first-order valence-corrected chi connectivity index (χ1v) is 13.0. The fraction of sp³-hybridized carbons (Fsp3) is 0.387. The molecule has 0 spiro atoms. The molecule has 6 nitrogen and oxygen atoms in total. The second kappa shape index (κ2) is 12.5. The highest BCUT2D eigenvalue weighted by Crippen LogP contribution is 2.40. The Morgan fingerprint density at radius 2 is 1.49 bits per heavy atom. The van der Waals surface area contributed by atoms with Crippen LogP contribution in [0.5, 0.6) is 17.2 Å². The van der Waals surface area contributed by atoms with Gasteiger partial charge in [0.05, 0.1) is 21.3 Å². The van der Waals surface area contributed by atoms with Crippen molar-refractivity contribution in [3.05, 3.63) is 83.4 Å². The third-order valence-corrected chi connectivity index (χ3v) is 7.50. The highest BCUT2D eigenvalue weighted by atomic mass is 16.5. The van der Waals surface area contributed by atoms with Crippen LogP contribution in [-0.4, -0.2) is 44.8 Å². The van der Waals surface area contributed by atoms with Crippen LogP contribution in [0.3, 0.4) is 0 Å². The number of amides is 2. The van der Waals surface area contributed by atoms with Crippen LogP contribution in [0.15, 0.2) is 66.7 Å². The van der Waals surface area contributed by atoms with Gasteiger partial charge in [0.2, 0.25) is 0 Å². The quantitative estimate of drug-likeness (QED) is 0.349. The number of urea groups is 1. The molecule has 3 aromatic rings. The number of ether oxygens (including phenoxy) is 3. The van der Waals surface area contributed by atoms with Gasteiger partial charge in [-0.15, -0.1) is 0 Å². The summed E-state index contributed by atoms with van der Waals surface area (Å²) in [7, 11) is 4.74. The minimum Gasteiger partial charge on any atom is -0.496 e. The van der Waals surface area contributed by atoms with Crippen LogP contribution in [0.2, 0.25) is 0 Å². The summed E-state index contributed by atoms with van der Waals surface area (Å²) >= 11 is 0. The molecule has 6 heteroatoms. The van der Waals surface area contributed by atoms with E-state index in [9.17, 15) is 4.79 Å². The Hall–Kier alpha value is -3.67. The van der Waals surface area contributed by atoms with Crippen LogP contribution in [-0.2, 0) is 6.42 Å². The number of methoxy groups -OCH3 is 3. The number of anilines is 1. The molecule has 0 unspecified atom stereocenters. The van der Waals surface area contributed by atoms with E-state index < -0.39 is 0 Å². The Labute approximate surface area is 220 Å². The van der Waals surface area contributed by atoms with Crippen LogP contribution >= 0.6 is 0 Å².